The fraction of sp³-hybridized carbons (Fsp3) is 0.111. The fourth-order valence-electron chi connectivity index (χ4n) is 4.84. The van der Waals surface area contributed by atoms with E-state index in [9.17, 15) is 10.2 Å². The molecule has 5 rings (SSSR count). The largest absolute Gasteiger partial charge is 0.508 e. The molecule has 154 valence electrons. The highest BCUT2D eigenvalue weighted by Gasteiger charge is 2.46. The number of aromatic hydroxyl groups is 2. The van der Waals surface area contributed by atoms with Gasteiger partial charge in [0.15, 0.2) is 0 Å². The number of rotatable bonds is 2. The molecule has 0 saturated heterocycles. The van der Waals surface area contributed by atoms with Gasteiger partial charge in [-0.2, -0.15) is 0 Å². The van der Waals surface area contributed by atoms with Crippen LogP contribution in [-0.2, 0) is 5.41 Å². The Balaban J connectivity index is 1.98. The van der Waals surface area contributed by atoms with Crippen molar-refractivity contribution in [3.8, 4) is 22.6 Å². The Morgan fingerprint density at radius 1 is 0.581 bits per heavy atom. The van der Waals surface area contributed by atoms with Crippen LogP contribution in [0.5, 0.6) is 11.5 Å². The molecule has 0 aliphatic heterocycles. The molecule has 0 saturated carbocycles. The van der Waals surface area contributed by atoms with E-state index in [1.165, 1.54) is 0 Å². The highest BCUT2D eigenvalue weighted by atomic mass is 35.5. The van der Waals surface area contributed by atoms with Crippen LogP contribution in [0.2, 0.25) is 10.0 Å². The minimum absolute atomic E-state index is 0.256. The predicted molar refractivity (Wildman–Crippen MR) is 127 cm³/mol. The summed E-state index contributed by atoms with van der Waals surface area (Å²) in [7, 11) is 0. The Bertz CT molecular complexity index is 1250. The maximum absolute atomic E-state index is 10.2. The molecule has 1 aliphatic carbocycles. The smallest absolute Gasteiger partial charge is 0.118 e. The minimum Gasteiger partial charge on any atom is -0.508 e. The molecule has 0 bridgehead atoms. The monoisotopic (exact) mass is 446 g/mol. The molecular weight excluding hydrogens is 427 g/mol. The van der Waals surface area contributed by atoms with Crippen molar-refractivity contribution in [1.82, 2.24) is 0 Å². The van der Waals surface area contributed by atoms with Crippen LogP contribution in [0.15, 0.2) is 72.8 Å². The number of fused-ring (bicyclic) bond motifs is 3. The molecule has 0 radical (unpaired) electrons. The van der Waals surface area contributed by atoms with Gasteiger partial charge >= 0.3 is 0 Å². The molecule has 0 aromatic heterocycles. The first kappa shape index (κ1) is 20.0. The Morgan fingerprint density at radius 3 is 1.39 bits per heavy atom. The minimum atomic E-state index is -0.642. The molecule has 2 nitrogen and oxygen atoms in total. The second-order valence-electron chi connectivity index (χ2n) is 8.13. The average Bonchev–Trinajstić information content (AvgIpc) is 3.02. The molecule has 2 N–H and O–H groups in total. The maximum atomic E-state index is 10.2. The average molecular weight is 447 g/mol. The summed E-state index contributed by atoms with van der Waals surface area (Å²) in [5, 5.41) is 21.7. The SMILES string of the molecule is Cc1cc(C2(c3ccc(O)c(C)c3)c3ccc(Cl)cc3-c3cc(Cl)ccc32)ccc1O. The number of phenols is 2. The highest BCUT2D eigenvalue weighted by molar-refractivity contribution is 6.31. The molecule has 31 heavy (non-hydrogen) atoms. The Hall–Kier alpha value is -2.94. The van der Waals surface area contributed by atoms with Crippen molar-refractivity contribution in [2.75, 3.05) is 0 Å². The van der Waals surface area contributed by atoms with Gasteiger partial charge in [0.2, 0.25) is 0 Å². The van der Waals surface area contributed by atoms with Crippen molar-refractivity contribution in [3.63, 3.8) is 0 Å². The molecule has 0 spiro atoms. The molecule has 0 amide bonds. The second kappa shape index (κ2) is 7.05. The summed E-state index contributed by atoms with van der Waals surface area (Å²) >= 11 is 12.8. The molecule has 0 heterocycles. The molecule has 0 unspecified atom stereocenters. The Labute approximate surface area is 191 Å². The van der Waals surface area contributed by atoms with Gasteiger partial charge in [-0.25, -0.2) is 0 Å². The second-order valence-corrected chi connectivity index (χ2v) is 9.01. The van der Waals surface area contributed by atoms with Crippen LogP contribution in [0.25, 0.3) is 11.1 Å². The van der Waals surface area contributed by atoms with Crippen LogP contribution in [0.1, 0.15) is 33.4 Å². The molecule has 1 aliphatic rings. The summed E-state index contributed by atoms with van der Waals surface area (Å²) in [5.74, 6) is 0.512. The number of halogens is 2. The maximum Gasteiger partial charge on any atom is 0.118 e. The summed E-state index contributed by atoms with van der Waals surface area (Å²) in [4.78, 5) is 0. The molecule has 4 heteroatoms. The van der Waals surface area contributed by atoms with E-state index in [1.807, 2.05) is 62.4 Å². The van der Waals surface area contributed by atoms with Gasteiger partial charge in [-0.1, -0.05) is 59.6 Å². The predicted octanol–water partition coefficient (Wildman–Crippen LogP) is 7.38. The van der Waals surface area contributed by atoms with Gasteiger partial charge in [-0.05, 0) is 94.8 Å². The van der Waals surface area contributed by atoms with Crippen molar-refractivity contribution in [2.24, 2.45) is 0 Å². The van der Waals surface area contributed by atoms with Gasteiger partial charge in [-0.15, -0.1) is 0 Å². The van der Waals surface area contributed by atoms with E-state index in [1.54, 1.807) is 12.1 Å². The third kappa shape index (κ3) is 2.86. The first-order chi connectivity index (χ1) is 14.8. The third-order valence-corrected chi connectivity index (χ3v) is 6.79. The van der Waals surface area contributed by atoms with Crippen LogP contribution < -0.4 is 0 Å². The number of aryl methyl sites for hydroxylation is 2. The lowest BCUT2D eigenvalue weighted by molar-refractivity contribution is 0.470. The lowest BCUT2D eigenvalue weighted by atomic mass is 9.67. The molecule has 0 atom stereocenters. The molecule has 4 aromatic rings. The van der Waals surface area contributed by atoms with E-state index in [-0.39, 0.29) is 11.5 Å². The zero-order valence-electron chi connectivity index (χ0n) is 17.1. The summed E-state index contributed by atoms with van der Waals surface area (Å²) in [6.45, 7) is 3.80. The normalized spacial score (nSPS) is 13.7. The Kier molecular flexibility index (Phi) is 4.55. The van der Waals surface area contributed by atoms with Gasteiger partial charge in [0.1, 0.15) is 11.5 Å². The van der Waals surface area contributed by atoms with E-state index in [2.05, 4.69) is 12.1 Å². The van der Waals surface area contributed by atoms with Gasteiger partial charge in [0.25, 0.3) is 0 Å². The zero-order valence-corrected chi connectivity index (χ0v) is 18.6. The van der Waals surface area contributed by atoms with Crippen LogP contribution in [-0.4, -0.2) is 10.2 Å². The standard InChI is InChI=1S/C27H20Cl2O2/c1-15-11-17(3-9-25(15)30)27(18-4-10-26(31)16(2)12-18)23-7-5-19(28)13-21(23)22-14-20(29)6-8-24(22)27/h3-14,30-31H,1-2H3. The van der Waals surface area contributed by atoms with E-state index in [0.29, 0.717) is 10.0 Å². The number of phenolic OH excluding ortho intramolecular Hbond substituents is 2. The van der Waals surface area contributed by atoms with E-state index in [4.69, 9.17) is 23.2 Å². The van der Waals surface area contributed by atoms with Crippen molar-refractivity contribution in [3.05, 3.63) is 116 Å². The highest BCUT2D eigenvalue weighted by Crippen LogP contribution is 2.57. The summed E-state index contributed by atoms with van der Waals surface area (Å²) < 4.78 is 0. The first-order valence-corrected chi connectivity index (χ1v) is 10.8. The fourth-order valence-corrected chi connectivity index (χ4v) is 5.19. The van der Waals surface area contributed by atoms with Crippen molar-refractivity contribution < 1.29 is 10.2 Å². The van der Waals surface area contributed by atoms with Crippen LogP contribution in [0.4, 0.5) is 0 Å². The third-order valence-electron chi connectivity index (χ3n) is 6.32. The lowest BCUT2D eigenvalue weighted by Gasteiger charge is -2.34. The van der Waals surface area contributed by atoms with Gasteiger partial charge in [0, 0.05) is 10.0 Å². The zero-order chi connectivity index (χ0) is 21.9. The lowest BCUT2D eigenvalue weighted by Crippen LogP contribution is -2.28. The van der Waals surface area contributed by atoms with Crippen LogP contribution in [0, 0.1) is 13.8 Å². The molecular formula is C27H20Cl2O2. The van der Waals surface area contributed by atoms with E-state index >= 15 is 0 Å². The summed E-state index contributed by atoms with van der Waals surface area (Å²) in [5.41, 5.74) is 7.24. The summed E-state index contributed by atoms with van der Waals surface area (Å²) in [6, 6.07) is 23.4. The van der Waals surface area contributed by atoms with Crippen LogP contribution >= 0.6 is 23.2 Å². The number of hydrogen-bond donors (Lipinski definition) is 2. The van der Waals surface area contributed by atoms with E-state index in [0.717, 1.165) is 44.5 Å². The van der Waals surface area contributed by atoms with E-state index < -0.39 is 5.41 Å². The first-order valence-electron chi connectivity index (χ1n) is 10.0. The van der Waals surface area contributed by atoms with Gasteiger partial charge in [-0.3, -0.25) is 0 Å². The van der Waals surface area contributed by atoms with Gasteiger partial charge < -0.3 is 10.2 Å². The van der Waals surface area contributed by atoms with Crippen molar-refractivity contribution in [1.29, 1.82) is 0 Å². The molecule has 4 aromatic carbocycles. The summed E-state index contributed by atoms with van der Waals surface area (Å²) in [6.07, 6.45) is 0. The Morgan fingerprint density at radius 2 is 1.00 bits per heavy atom. The van der Waals surface area contributed by atoms with Crippen molar-refractivity contribution >= 4 is 23.2 Å². The van der Waals surface area contributed by atoms with Crippen molar-refractivity contribution in [2.45, 2.75) is 19.3 Å². The number of benzene rings is 4. The number of hydrogen-bond acceptors (Lipinski definition) is 2. The molecule has 0 fully saturated rings. The van der Waals surface area contributed by atoms with Gasteiger partial charge in [0.05, 0.1) is 5.41 Å². The van der Waals surface area contributed by atoms with Crippen LogP contribution in [0.3, 0.4) is 0 Å². The quantitative estimate of drug-likeness (QED) is 0.296. The topological polar surface area (TPSA) is 40.5 Å².